The van der Waals surface area contributed by atoms with Crippen LogP contribution in [0.25, 0.3) is 0 Å². The van der Waals surface area contributed by atoms with Gasteiger partial charge in [-0.25, -0.2) is 4.79 Å². The summed E-state index contributed by atoms with van der Waals surface area (Å²) in [7, 11) is 1.17. The first kappa shape index (κ1) is 14.0. The third-order valence-electron chi connectivity index (χ3n) is 2.35. The van der Waals surface area contributed by atoms with Gasteiger partial charge in [0.05, 0.1) is 20.1 Å². The number of aliphatic hydroxyl groups excluding tert-OH is 1. The zero-order chi connectivity index (χ0) is 13.5. The maximum Gasteiger partial charge on any atom is 0.330 e. The van der Waals surface area contributed by atoms with Gasteiger partial charge in [-0.15, -0.1) is 0 Å². The van der Waals surface area contributed by atoms with E-state index >= 15 is 0 Å². The lowest BCUT2D eigenvalue weighted by atomic mass is 10.1. The van der Waals surface area contributed by atoms with Gasteiger partial charge in [0.15, 0.2) is 6.04 Å². The Morgan fingerprint density at radius 3 is 2.61 bits per heavy atom. The van der Waals surface area contributed by atoms with E-state index in [0.717, 1.165) is 0 Å². The molecule has 3 N–H and O–H groups in total. The van der Waals surface area contributed by atoms with E-state index < -0.39 is 24.5 Å². The van der Waals surface area contributed by atoms with E-state index in [1.165, 1.54) is 13.2 Å². The maximum absolute atomic E-state index is 11.6. The molecule has 0 bridgehead atoms. The lowest BCUT2D eigenvalue weighted by Gasteiger charge is -2.14. The van der Waals surface area contributed by atoms with Gasteiger partial charge in [0, 0.05) is 5.56 Å². The molecule has 0 aliphatic heterocycles. The van der Waals surface area contributed by atoms with Crippen LogP contribution in [0.4, 0.5) is 0 Å². The van der Waals surface area contributed by atoms with Gasteiger partial charge in [0.2, 0.25) is 5.91 Å². The van der Waals surface area contributed by atoms with Gasteiger partial charge in [-0.05, 0) is 6.07 Å². The molecule has 0 fully saturated rings. The highest BCUT2D eigenvalue weighted by molar-refractivity contribution is 5.86. The summed E-state index contributed by atoms with van der Waals surface area (Å²) < 4.78 is 4.42. The van der Waals surface area contributed by atoms with E-state index in [1.54, 1.807) is 18.2 Å². The molecule has 0 heterocycles. The third kappa shape index (κ3) is 3.74. The molecule has 1 rings (SSSR count). The molecule has 0 aliphatic rings. The van der Waals surface area contributed by atoms with Crippen LogP contribution in [-0.2, 0) is 20.7 Å². The topological polar surface area (TPSA) is 95.9 Å². The van der Waals surface area contributed by atoms with Gasteiger partial charge in [-0.2, -0.15) is 0 Å². The molecule has 18 heavy (non-hydrogen) atoms. The van der Waals surface area contributed by atoms with Gasteiger partial charge >= 0.3 is 5.97 Å². The number of nitrogens with one attached hydrogen (secondary N) is 1. The standard InChI is InChI=1S/C12H15NO5/c1-18-12(17)9(7-14)13-11(16)6-8-4-2-3-5-10(8)15/h2-5,9,14-15H,6-7H2,1H3,(H,13,16)/t9-/m0/s1. The minimum absolute atomic E-state index is 0.00580. The summed E-state index contributed by atoms with van der Waals surface area (Å²) in [5, 5.41) is 20.7. The number of rotatable bonds is 5. The molecule has 1 aromatic rings. The smallest absolute Gasteiger partial charge is 0.330 e. The molecule has 98 valence electrons. The second kappa shape index (κ2) is 6.61. The number of hydrogen-bond acceptors (Lipinski definition) is 5. The highest BCUT2D eigenvalue weighted by Crippen LogP contribution is 2.15. The van der Waals surface area contributed by atoms with Gasteiger partial charge in [-0.3, -0.25) is 4.79 Å². The van der Waals surface area contributed by atoms with Crippen LogP contribution in [0.15, 0.2) is 24.3 Å². The van der Waals surface area contributed by atoms with Crippen molar-refractivity contribution >= 4 is 11.9 Å². The number of aliphatic hydroxyl groups is 1. The summed E-state index contributed by atoms with van der Waals surface area (Å²) in [4.78, 5) is 22.8. The van der Waals surface area contributed by atoms with Crippen LogP contribution < -0.4 is 5.32 Å². The molecule has 0 unspecified atom stereocenters. The van der Waals surface area contributed by atoms with E-state index in [1.807, 2.05) is 0 Å². The van der Waals surface area contributed by atoms with E-state index in [9.17, 15) is 14.7 Å². The summed E-state index contributed by atoms with van der Waals surface area (Å²) in [6.07, 6.45) is -0.0832. The highest BCUT2D eigenvalue weighted by atomic mass is 16.5. The molecule has 1 amide bonds. The number of aromatic hydroxyl groups is 1. The number of phenolic OH excluding ortho intramolecular Hbond substituents is 1. The second-order valence-corrected chi connectivity index (χ2v) is 3.63. The Hall–Kier alpha value is -2.08. The average Bonchev–Trinajstić information content (AvgIpc) is 2.37. The normalized spacial score (nSPS) is 11.7. The third-order valence-corrected chi connectivity index (χ3v) is 2.35. The Labute approximate surface area is 104 Å². The number of para-hydroxylation sites is 1. The lowest BCUT2D eigenvalue weighted by molar-refractivity contribution is -0.146. The van der Waals surface area contributed by atoms with Gasteiger partial charge in [-0.1, -0.05) is 18.2 Å². The van der Waals surface area contributed by atoms with Crippen LogP contribution in [0.2, 0.25) is 0 Å². The molecular weight excluding hydrogens is 238 g/mol. The summed E-state index contributed by atoms with van der Waals surface area (Å²) in [5.41, 5.74) is 0.441. The van der Waals surface area contributed by atoms with Gasteiger partial charge < -0.3 is 20.3 Å². The number of carbonyl (C=O) groups excluding carboxylic acids is 2. The summed E-state index contributed by atoms with van der Waals surface area (Å²) in [5.74, 6) is -1.20. The Bertz CT molecular complexity index is 432. The fourth-order valence-corrected chi connectivity index (χ4v) is 1.40. The predicted molar refractivity (Wildman–Crippen MR) is 62.8 cm³/mol. The van der Waals surface area contributed by atoms with Crippen molar-refractivity contribution in [2.45, 2.75) is 12.5 Å². The van der Waals surface area contributed by atoms with E-state index in [4.69, 9.17) is 5.11 Å². The zero-order valence-corrected chi connectivity index (χ0v) is 9.92. The largest absolute Gasteiger partial charge is 0.508 e. The maximum atomic E-state index is 11.6. The second-order valence-electron chi connectivity index (χ2n) is 3.63. The van der Waals surface area contributed by atoms with Crippen LogP contribution in [0, 0.1) is 0 Å². The number of methoxy groups -OCH3 is 1. The highest BCUT2D eigenvalue weighted by Gasteiger charge is 2.20. The van der Waals surface area contributed by atoms with E-state index in [2.05, 4.69) is 10.1 Å². The van der Waals surface area contributed by atoms with Crippen molar-refractivity contribution in [3.8, 4) is 5.75 Å². The monoisotopic (exact) mass is 253 g/mol. The Morgan fingerprint density at radius 2 is 2.06 bits per heavy atom. The number of amides is 1. The van der Waals surface area contributed by atoms with Crippen molar-refractivity contribution in [2.75, 3.05) is 13.7 Å². The van der Waals surface area contributed by atoms with Crippen molar-refractivity contribution in [1.82, 2.24) is 5.32 Å². The molecule has 0 aromatic heterocycles. The Morgan fingerprint density at radius 1 is 1.39 bits per heavy atom. The average molecular weight is 253 g/mol. The summed E-state index contributed by atoms with van der Waals surface area (Å²) >= 11 is 0. The van der Waals surface area contributed by atoms with Crippen LogP contribution in [-0.4, -0.2) is 41.8 Å². The minimum Gasteiger partial charge on any atom is -0.508 e. The summed E-state index contributed by atoms with van der Waals surface area (Å²) in [6.45, 7) is -0.542. The number of phenols is 1. The van der Waals surface area contributed by atoms with Crippen LogP contribution in [0.3, 0.4) is 0 Å². The predicted octanol–water partition coefficient (Wildman–Crippen LogP) is -0.415. The lowest BCUT2D eigenvalue weighted by Crippen LogP contribution is -2.44. The molecule has 6 heteroatoms. The Kier molecular flexibility index (Phi) is 5.13. The number of carbonyl (C=O) groups is 2. The number of benzene rings is 1. The number of hydrogen-bond donors (Lipinski definition) is 3. The quantitative estimate of drug-likeness (QED) is 0.620. The molecule has 0 radical (unpaired) electrons. The molecule has 1 atom stereocenters. The van der Waals surface area contributed by atoms with Crippen LogP contribution in [0.1, 0.15) is 5.56 Å². The molecule has 0 aliphatic carbocycles. The van der Waals surface area contributed by atoms with Crippen molar-refractivity contribution in [3.05, 3.63) is 29.8 Å². The van der Waals surface area contributed by atoms with Crippen LogP contribution in [0.5, 0.6) is 5.75 Å². The van der Waals surface area contributed by atoms with Crippen molar-refractivity contribution in [2.24, 2.45) is 0 Å². The summed E-state index contributed by atoms with van der Waals surface area (Å²) in [6, 6.07) is 5.30. The van der Waals surface area contributed by atoms with Crippen molar-refractivity contribution in [3.63, 3.8) is 0 Å². The van der Waals surface area contributed by atoms with Crippen molar-refractivity contribution in [1.29, 1.82) is 0 Å². The van der Waals surface area contributed by atoms with Gasteiger partial charge in [0.25, 0.3) is 0 Å². The fraction of sp³-hybridized carbons (Fsp3) is 0.333. The van der Waals surface area contributed by atoms with Crippen molar-refractivity contribution < 1.29 is 24.5 Å². The molecule has 1 aromatic carbocycles. The first-order valence-corrected chi connectivity index (χ1v) is 5.33. The first-order valence-electron chi connectivity index (χ1n) is 5.33. The first-order chi connectivity index (χ1) is 8.58. The number of esters is 1. The van der Waals surface area contributed by atoms with E-state index in [-0.39, 0.29) is 12.2 Å². The molecular formula is C12H15NO5. The van der Waals surface area contributed by atoms with Gasteiger partial charge in [0.1, 0.15) is 5.75 Å². The SMILES string of the molecule is COC(=O)[C@H](CO)NC(=O)Cc1ccccc1O. The minimum atomic E-state index is -1.09. The fourth-order valence-electron chi connectivity index (χ4n) is 1.40. The molecule has 0 spiro atoms. The molecule has 6 nitrogen and oxygen atoms in total. The molecule has 0 saturated carbocycles. The zero-order valence-electron chi connectivity index (χ0n) is 9.92. The van der Waals surface area contributed by atoms with E-state index in [0.29, 0.717) is 5.56 Å². The van der Waals surface area contributed by atoms with Crippen LogP contribution >= 0.6 is 0 Å². The number of ether oxygens (including phenoxy) is 1. The Balaban J connectivity index is 2.61. The molecule has 0 saturated heterocycles.